The van der Waals surface area contributed by atoms with Crippen LogP contribution in [0.15, 0.2) is 0 Å². The Balaban J connectivity index is 5.50. The number of hydrogen-bond acceptors (Lipinski definition) is 8. The van der Waals surface area contributed by atoms with E-state index in [1.165, 1.54) is 0 Å². The van der Waals surface area contributed by atoms with Gasteiger partial charge in [-0.1, -0.05) is 13.8 Å². The molecular formula is C18H31N5O9. The average molecular weight is 461 g/mol. The summed E-state index contributed by atoms with van der Waals surface area (Å²) in [5.41, 5.74) is 10.5. The monoisotopic (exact) mass is 461 g/mol. The van der Waals surface area contributed by atoms with E-state index in [0.717, 1.165) is 6.92 Å². The highest BCUT2D eigenvalue weighted by atomic mass is 16.4. The molecule has 0 aliphatic heterocycles. The van der Waals surface area contributed by atoms with Crippen molar-refractivity contribution in [2.75, 3.05) is 0 Å². The van der Waals surface area contributed by atoms with Crippen molar-refractivity contribution in [3.05, 3.63) is 0 Å². The Morgan fingerprint density at radius 3 is 1.78 bits per heavy atom. The molecule has 0 aromatic heterocycles. The Bertz CT molecular complexity index is 726. The number of hydrogen-bond donors (Lipinski definition) is 8. The molecule has 14 heteroatoms. The van der Waals surface area contributed by atoms with E-state index in [-0.39, 0.29) is 6.42 Å². The molecule has 0 radical (unpaired) electrons. The summed E-state index contributed by atoms with van der Waals surface area (Å²) in [5.74, 6) is -6.88. The number of carbonyl (C=O) groups excluding carboxylic acids is 4. The van der Waals surface area contributed by atoms with Crippen LogP contribution < -0.4 is 27.4 Å². The topological polar surface area (TPSA) is 251 Å². The molecule has 14 nitrogen and oxygen atoms in total. The van der Waals surface area contributed by atoms with E-state index in [9.17, 15) is 33.9 Å². The highest BCUT2D eigenvalue weighted by Crippen LogP contribution is 2.07. The Kier molecular flexibility index (Phi) is 11.9. The van der Waals surface area contributed by atoms with Gasteiger partial charge in [-0.3, -0.25) is 24.0 Å². The average Bonchev–Trinajstić information content (AvgIpc) is 2.65. The van der Waals surface area contributed by atoms with E-state index in [0.29, 0.717) is 0 Å². The number of nitrogens with two attached hydrogens (primary N) is 2. The van der Waals surface area contributed by atoms with Gasteiger partial charge in [-0.05, 0) is 19.3 Å². The zero-order chi connectivity index (χ0) is 25.2. The van der Waals surface area contributed by atoms with Gasteiger partial charge in [0.25, 0.3) is 0 Å². The molecule has 10 N–H and O–H groups in total. The summed E-state index contributed by atoms with van der Waals surface area (Å²) in [6.45, 7) is 4.28. The molecule has 182 valence electrons. The van der Waals surface area contributed by atoms with Gasteiger partial charge in [0.1, 0.15) is 12.1 Å². The van der Waals surface area contributed by atoms with E-state index in [2.05, 4.69) is 10.6 Å². The SMILES string of the molecule is CC(C)C(NC(=O)C(N)CC(N)=O)C(=O)NC(CCC(=O)O)C(=O)NC(C(=O)O)C(C)O. The number of primary amides is 1. The number of nitrogens with one attached hydrogen (secondary N) is 3. The summed E-state index contributed by atoms with van der Waals surface area (Å²) in [5, 5.41) is 34.2. The molecule has 0 spiro atoms. The van der Waals surface area contributed by atoms with Crippen LogP contribution in [0.1, 0.15) is 40.0 Å². The number of aliphatic carboxylic acids is 2. The van der Waals surface area contributed by atoms with Gasteiger partial charge in [-0.15, -0.1) is 0 Å². The summed E-state index contributed by atoms with van der Waals surface area (Å²) in [4.78, 5) is 70.4. The summed E-state index contributed by atoms with van der Waals surface area (Å²) in [6, 6.07) is -5.70. The van der Waals surface area contributed by atoms with Gasteiger partial charge in [0.2, 0.25) is 23.6 Å². The van der Waals surface area contributed by atoms with E-state index < -0.39 is 84.6 Å². The first kappa shape index (κ1) is 28.7. The molecule has 0 heterocycles. The molecule has 0 aliphatic rings. The van der Waals surface area contributed by atoms with Crippen LogP contribution in [0.4, 0.5) is 0 Å². The van der Waals surface area contributed by atoms with Crippen LogP contribution >= 0.6 is 0 Å². The van der Waals surface area contributed by atoms with Gasteiger partial charge in [-0.2, -0.15) is 0 Å². The first-order chi connectivity index (χ1) is 14.7. The van der Waals surface area contributed by atoms with Crippen LogP contribution in [0.2, 0.25) is 0 Å². The fraction of sp³-hybridized carbons (Fsp3) is 0.667. The fourth-order valence-electron chi connectivity index (χ4n) is 2.55. The molecule has 0 bridgehead atoms. The predicted molar refractivity (Wildman–Crippen MR) is 109 cm³/mol. The summed E-state index contributed by atoms with van der Waals surface area (Å²) >= 11 is 0. The zero-order valence-corrected chi connectivity index (χ0v) is 18.0. The quantitative estimate of drug-likeness (QED) is 0.127. The van der Waals surface area contributed by atoms with Crippen molar-refractivity contribution in [2.24, 2.45) is 17.4 Å². The summed E-state index contributed by atoms with van der Waals surface area (Å²) in [7, 11) is 0. The minimum atomic E-state index is -1.70. The van der Waals surface area contributed by atoms with Gasteiger partial charge in [-0.25, -0.2) is 4.79 Å². The van der Waals surface area contributed by atoms with Crippen molar-refractivity contribution in [3.8, 4) is 0 Å². The van der Waals surface area contributed by atoms with Crippen molar-refractivity contribution in [1.82, 2.24) is 16.0 Å². The maximum atomic E-state index is 12.7. The molecule has 0 saturated carbocycles. The van der Waals surface area contributed by atoms with Gasteiger partial charge in [0.15, 0.2) is 6.04 Å². The van der Waals surface area contributed by atoms with Crippen molar-refractivity contribution < 1.29 is 44.1 Å². The molecule has 5 unspecified atom stereocenters. The lowest BCUT2D eigenvalue weighted by Gasteiger charge is -2.27. The zero-order valence-electron chi connectivity index (χ0n) is 18.0. The third-order valence-corrected chi connectivity index (χ3v) is 4.33. The minimum Gasteiger partial charge on any atom is -0.481 e. The summed E-state index contributed by atoms with van der Waals surface area (Å²) < 4.78 is 0. The van der Waals surface area contributed by atoms with Crippen LogP contribution in [-0.2, 0) is 28.8 Å². The highest BCUT2D eigenvalue weighted by molar-refractivity contribution is 5.95. The molecule has 0 aromatic rings. The number of carbonyl (C=O) groups is 6. The van der Waals surface area contributed by atoms with Crippen LogP contribution in [-0.4, -0.2) is 81.2 Å². The predicted octanol–water partition coefficient (Wildman–Crippen LogP) is -3.37. The van der Waals surface area contributed by atoms with Crippen molar-refractivity contribution in [3.63, 3.8) is 0 Å². The first-order valence-corrected chi connectivity index (χ1v) is 9.75. The number of amides is 4. The molecular weight excluding hydrogens is 430 g/mol. The Labute approximate surface area is 184 Å². The summed E-state index contributed by atoms with van der Waals surface area (Å²) in [6.07, 6.45) is -2.86. The van der Waals surface area contributed by atoms with Crippen LogP contribution in [0.25, 0.3) is 0 Å². The largest absolute Gasteiger partial charge is 0.481 e. The second kappa shape index (κ2) is 13.2. The highest BCUT2D eigenvalue weighted by Gasteiger charge is 2.33. The standard InChI is InChI=1S/C18H31N5O9/c1-7(2)13(22-15(28)9(19)6-11(20)25)17(30)21-10(4-5-12(26)27)16(29)23-14(8(3)24)18(31)32/h7-10,13-14,24H,4-6,19H2,1-3H3,(H2,20,25)(H,21,30)(H,22,28)(H,23,29)(H,26,27)(H,31,32). The molecule has 0 rings (SSSR count). The molecule has 0 aliphatic carbocycles. The van der Waals surface area contributed by atoms with Gasteiger partial charge in [0, 0.05) is 6.42 Å². The Morgan fingerprint density at radius 2 is 1.38 bits per heavy atom. The van der Waals surface area contributed by atoms with Gasteiger partial charge >= 0.3 is 11.9 Å². The smallest absolute Gasteiger partial charge is 0.328 e. The number of aliphatic hydroxyl groups is 1. The molecule has 4 amide bonds. The third kappa shape index (κ3) is 10.2. The van der Waals surface area contributed by atoms with Crippen molar-refractivity contribution in [1.29, 1.82) is 0 Å². The van der Waals surface area contributed by atoms with Crippen LogP contribution in [0.3, 0.4) is 0 Å². The number of carboxylic acid groups (broad SMARTS) is 2. The number of aliphatic hydroxyl groups excluding tert-OH is 1. The second-order valence-corrected chi connectivity index (χ2v) is 7.57. The fourth-order valence-corrected chi connectivity index (χ4v) is 2.55. The third-order valence-electron chi connectivity index (χ3n) is 4.33. The van der Waals surface area contributed by atoms with E-state index >= 15 is 0 Å². The number of rotatable bonds is 14. The molecule has 5 atom stereocenters. The Morgan fingerprint density at radius 1 is 0.844 bits per heavy atom. The Hall–Kier alpha value is -3.26. The number of carboxylic acids is 2. The molecule has 0 aromatic carbocycles. The molecule has 32 heavy (non-hydrogen) atoms. The second-order valence-electron chi connectivity index (χ2n) is 7.57. The molecule has 0 fully saturated rings. The van der Waals surface area contributed by atoms with E-state index in [1.807, 2.05) is 5.32 Å². The van der Waals surface area contributed by atoms with E-state index in [4.69, 9.17) is 21.7 Å². The van der Waals surface area contributed by atoms with Crippen LogP contribution in [0.5, 0.6) is 0 Å². The van der Waals surface area contributed by atoms with Crippen LogP contribution in [0, 0.1) is 5.92 Å². The lowest BCUT2D eigenvalue weighted by atomic mass is 10.0. The van der Waals surface area contributed by atoms with Gasteiger partial charge in [0.05, 0.1) is 18.6 Å². The van der Waals surface area contributed by atoms with Crippen molar-refractivity contribution >= 4 is 35.6 Å². The molecule has 0 saturated heterocycles. The van der Waals surface area contributed by atoms with Gasteiger partial charge < -0.3 is 42.7 Å². The van der Waals surface area contributed by atoms with E-state index in [1.54, 1.807) is 13.8 Å². The maximum Gasteiger partial charge on any atom is 0.328 e. The lowest BCUT2D eigenvalue weighted by molar-refractivity contribution is -0.145. The lowest BCUT2D eigenvalue weighted by Crippen LogP contribution is -2.59. The maximum absolute atomic E-state index is 12.7. The first-order valence-electron chi connectivity index (χ1n) is 9.75. The minimum absolute atomic E-state index is 0.390. The van der Waals surface area contributed by atoms with Crippen molar-refractivity contribution in [2.45, 2.75) is 70.3 Å². The normalized spacial score (nSPS) is 15.6.